The summed E-state index contributed by atoms with van der Waals surface area (Å²) in [5.74, 6) is 0. The highest BCUT2D eigenvalue weighted by molar-refractivity contribution is 7.80. The molecule has 0 bridgehead atoms. The average Bonchev–Trinajstić information content (AvgIpc) is 2.26. The molecule has 2 unspecified atom stereocenters. The summed E-state index contributed by atoms with van der Waals surface area (Å²) in [6, 6.07) is 6.25. The number of nitrogens with two attached hydrogens (primary N) is 1. The van der Waals surface area contributed by atoms with Crippen molar-refractivity contribution in [2.75, 3.05) is 5.73 Å². The first-order chi connectivity index (χ1) is 7.50. The van der Waals surface area contributed by atoms with Gasteiger partial charge in [-0.1, -0.05) is 25.5 Å². The molecule has 0 aliphatic carbocycles. The van der Waals surface area contributed by atoms with Crippen LogP contribution in [0.5, 0.6) is 0 Å². The highest BCUT2D eigenvalue weighted by Crippen LogP contribution is 2.30. The number of hydrogen-bond acceptors (Lipinski definition) is 4. The standard InChI is InChI=1S/C11H17NO3S/c1-2-3-8-11(13,16(14)15)9-4-6-10(12)7-5-9/h4-7,13H,2-3,8,12H2,1H3,(H,14,15)/p-1. The molecular weight excluding hydrogens is 226 g/mol. The monoisotopic (exact) mass is 242 g/mol. The number of nitrogen functional groups attached to an aromatic ring is 1. The first-order valence-electron chi connectivity index (χ1n) is 5.18. The topological polar surface area (TPSA) is 86.4 Å². The smallest absolute Gasteiger partial charge is 0.151 e. The van der Waals surface area contributed by atoms with Gasteiger partial charge >= 0.3 is 0 Å². The van der Waals surface area contributed by atoms with Gasteiger partial charge in [-0.15, -0.1) is 0 Å². The van der Waals surface area contributed by atoms with Crippen LogP contribution in [0.3, 0.4) is 0 Å². The first-order valence-corrected chi connectivity index (χ1v) is 6.26. The minimum absolute atomic E-state index is 0.198. The molecule has 0 aliphatic heterocycles. The summed E-state index contributed by atoms with van der Waals surface area (Å²) in [5, 5.41) is 10.1. The van der Waals surface area contributed by atoms with E-state index in [0.717, 1.165) is 6.42 Å². The maximum atomic E-state index is 11.1. The molecule has 3 N–H and O–H groups in total. The van der Waals surface area contributed by atoms with Crippen molar-refractivity contribution < 1.29 is 13.9 Å². The van der Waals surface area contributed by atoms with Crippen molar-refractivity contribution in [2.24, 2.45) is 0 Å². The van der Waals surface area contributed by atoms with Gasteiger partial charge < -0.3 is 15.4 Å². The second-order valence-corrected chi connectivity index (χ2v) is 4.89. The number of anilines is 1. The third kappa shape index (κ3) is 2.81. The van der Waals surface area contributed by atoms with Gasteiger partial charge in [-0.3, -0.25) is 4.21 Å². The Kier molecular flexibility index (Phi) is 4.46. The molecule has 90 valence electrons. The van der Waals surface area contributed by atoms with Crippen LogP contribution in [0.4, 0.5) is 5.69 Å². The summed E-state index contributed by atoms with van der Waals surface area (Å²) in [6.45, 7) is 1.94. The lowest BCUT2D eigenvalue weighted by molar-refractivity contribution is 0.108. The second-order valence-electron chi connectivity index (χ2n) is 3.74. The summed E-state index contributed by atoms with van der Waals surface area (Å²) < 4.78 is 22.3. The number of benzene rings is 1. The Bertz CT molecular complexity index is 366. The molecule has 0 aromatic heterocycles. The molecule has 0 saturated heterocycles. The normalized spacial score (nSPS) is 16.7. The Morgan fingerprint density at radius 1 is 1.44 bits per heavy atom. The van der Waals surface area contributed by atoms with Crippen LogP contribution in [-0.2, 0) is 16.0 Å². The van der Waals surface area contributed by atoms with Crippen molar-refractivity contribution in [1.29, 1.82) is 0 Å². The summed E-state index contributed by atoms with van der Waals surface area (Å²) in [5.41, 5.74) is 6.41. The summed E-state index contributed by atoms with van der Waals surface area (Å²) >= 11 is -2.56. The molecule has 2 atom stereocenters. The average molecular weight is 242 g/mol. The predicted molar refractivity (Wildman–Crippen MR) is 63.2 cm³/mol. The van der Waals surface area contributed by atoms with E-state index in [2.05, 4.69) is 0 Å². The third-order valence-electron chi connectivity index (χ3n) is 2.51. The van der Waals surface area contributed by atoms with Crippen LogP contribution in [0.2, 0.25) is 0 Å². The van der Waals surface area contributed by atoms with Crippen LogP contribution in [-0.4, -0.2) is 13.9 Å². The quantitative estimate of drug-likeness (QED) is 0.605. The Morgan fingerprint density at radius 2 is 2.00 bits per heavy atom. The van der Waals surface area contributed by atoms with Crippen LogP contribution in [0.1, 0.15) is 31.7 Å². The maximum Gasteiger partial charge on any atom is 0.151 e. The molecule has 0 saturated carbocycles. The van der Waals surface area contributed by atoms with Gasteiger partial charge in [0.25, 0.3) is 0 Å². The fourth-order valence-corrected chi connectivity index (χ4v) is 2.12. The van der Waals surface area contributed by atoms with E-state index in [1.165, 1.54) is 0 Å². The zero-order valence-electron chi connectivity index (χ0n) is 9.18. The van der Waals surface area contributed by atoms with Crippen molar-refractivity contribution in [2.45, 2.75) is 31.1 Å². The molecule has 16 heavy (non-hydrogen) atoms. The minimum Gasteiger partial charge on any atom is -0.770 e. The fourth-order valence-electron chi connectivity index (χ4n) is 1.48. The molecule has 0 radical (unpaired) electrons. The lowest BCUT2D eigenvalue weighted by Crippen LogP contribution is -2.31. The Morgan fingerprint density at radius 3 is 2.44 bits per heavy atom. The molecule has 0 aliphatic rings. The Labute approximate surface area is 97.8 Å². The molecular formula is C11H16NO3S-. The second kappa shape index (κ2) is 5.43. The molecule has 1 aromatic rings. The lowest BCUT2D eigenvalue weighted by atomic mass is 10.0. The van der Waals surface area contributed by atoms with Gasteiger partial charge in [-0.2, -0.15) is 0 Å². The number of unbranched alkanes of at least 4 members (excludes halogenated alkanes) is 1. The van der Waals surface area contributed by atoms with Gasteiger partial charge in [0.05, 0.1) is 0 Å². The van der Waals surface area contributed by atoms with Gasteiger partial charge in [-0.05, 0) is 41.6 Å². The van der Waals surface area contributed by atoms with Gasteiger partial charge in [-0.25, -0.2) is 0 Å². The van der Waals surface area contributed by atoms with Crippen LogP contribution < -0.4 is 5.73 Å². The van der Waals surface area contributed by atoms with Gasteiger partial charge in [0.1, 0.15) is 0 Å². The lowest BCUT2D eigenvalue weighted by Gasteiger charge is -2.31. The minimum atomic E-state index is -2.56. The van der Waals surface area contributed by atoms with E-state index in [0.29, 0.717) is 17.7 Å². The van der Waals surface area contributed by atoms with E-state index in [1.807, 2.05) is 6.92 Å². The molecule has 1 rings (SSSR count). The molecule has 0 heterocycles. The van der Waals surface area contributed by atoms with Gasteiger partial charge in [0, 0.05) is 5.69 Å². The molecule has 0 spiro atoms. The number of aliphatic hydroxyl groups is 1. The zero-order valence-corrected chi connectivity index (χ0v) is 10.00. The van der Waals surface area contributed by atoms with E-state index in [-0.39, 0.29) is 6.42 Å². The Balaban J connectivity index is 3.01. The van der Waals surface area contributed by atoms with Gasteiger partial charge in [0.2, 0.25) is 0 Å². The molecule has 4 nitrogen and oxygen atoms in total. The number of rotatable bonds is 5. The van der Waals surface area contributed by atoms with Crippen molar-refractivity contribution >= 4 is 16.8 Å². The van der Waals surface area contributed by atoms with Crippen LogP contribution in [0, 0.1) is 0 Å². The van der Waals surface area contributed by atoms with Crippen molar-refractivity contribution in [3.05, 3.63) is 29.8 Å². The summed E-state index contributed by atoms with van der Waals surface area (Å²) in [6.07, 6.45) is 1.67. The first kappa shape index (κ1) is 13.2. The van der Waals surface area contributed by atoms with Crippen LogP contribution in [0.25, 0.3) is 0 Å². The fraction of sp³-hybridized carbons (Fsp3) is 0.455. The van der Waals surface area contributed by atoms with Crippen LogP contribution in [0.15, 0.2) is 24.3 Å². The maximum absolute atomic E-state index is 11.1. The van der Waals surface area contributed by atoms with E-state index in [4.69, 9.17) is 5.73 Å². The predicted octanol–water partition coefficient (Wildman–Crippen LogP) is 1.48. The molecule has 5 heteroatoms. The largest absolute Gasteiger partial charge is 0.770 e. The Hall–Kier alpha value is -0.910. The zero-order chi connectivity index (χ0) is 12.2. The van der Waals surface area contributed by atoms with E-state index in [9.17, 15) is 13.9 Å². The summed E-state index contributed by atoms with van der Waals surface area (Å²) in [7, 11) is 0. The van der Waals surface area contributed by atoms with E-state index < -0.39 is 16.0 Å². The van der Waals surface area contributed by atoms with Crippen LogP contribution >= 0.6 is 0 Å². The van der Waals surface area contributed by atoms with E-state index >= 15 is 0 Å². The SMILES string of the molecule is CCCCC(O)(c1ccc(N)cc1)S(=O)[O-]. The highest BCUT2D eigenvalue weighted by Gasteiger charge is 2.29. The third-order valence-corrected chi connectivity index (χ3v) is 3.50. The van der Waals surface area contributed by atoms with Crippen molar-refractivity contribution in [3.8, 4) is 0 Å². The molecule has 0 fully saturated rings. The molecule has 0 amide bonds. The number of hydrogen-bond donors (Lipinski definition) is 2. The summed E-state index contributed by atoms with van der Waals surface area (Å²) in [4.78, 5) is -1.80. The molecule has 1 aromatic carbocycles. The van der Waals surface area contributed by atoms with Crippen molar-refractivity contribution in [3.63, 3.8) is 0 Å². The van der Waals surface area contributed by atoms with Crippen molar-refractivity contribution in [1.82, 2.24) is 0 Å². The highest BCUT2D eigenvalue weighted by atomic mass is 32.2. The van der Waals surface area contributed by atoms with E-state index in [1.54, 1.807) is 24.3 Å². The van der Waals surface area contributed by atoms with Gasteiger partial charge in [0.15, 0.2) is 4.93 Å².